The summed E-state index contributed by atoms with van der Waals surface area (Å²) in [5.74, 6) is -0.428. The van der Waals surface area contributed by atoms with Crippen LogP contribution >= 0.6 is 0 Å². The molecule has 0 aliphatic carbocycles. The van der Waals surface area contributed by atoms with Gasteiger partial charge in [-0.3, -0.25) is 24.9 Å². The molecule has 0 bridgehead atoms. The van der Waals surface area contributed by atoms with Crippen LogP contribution in [0.25, 0.3) is 0 Å². The van der Waals surface area contributed by atoms with E-state index in [1.54, 1.807) is 4.68 Å². The van der Waals surface area contributed by atoms with E-state index in [0.717, 1.165) is 11.3 Å². The molecule has 0 saturated carbocycles. The van der Waals surface area contributed by atoms with E-state index in [9.17, 15) is 9.59 Å². The number of nitrogens with one attached hydrogen (secondary N) is 2. The second-order valence-corrected chi connectivity index (χ2v) is 4.74. The summed E-state index contributed by atoms with van der Waals surface area (Å²) in [5.41, 5.74) is 2.02. The molecule has 98 valence electrons. The first-order valence-corrected chi connectivity index (χ1v) is 6.07. The Labute approximate surface area is 106 Å². The molecule has 1 saturated heterocycles. The summed E-state index contributed by atoms with van der Waals surface area (Å²) >= 11 is 0. The molecule has 2 unspecified atom stereocenters. The van der Waals surface area contributed by atoms with Gasteiger partial charge in [-0.1, -0.05) is 0 Å². The first-order chi connectivity index (χ1) is 8.47. The number of piperidine rings is 1. The highest BCUT2D eigenvalue weighted by Gasteiger charge is 2.28. The fourth-order valence-corrected chi connectivity index (χ4v) is 2.29. The van der Waals surface area contributed by atoms with Crippen molar-refractivity contribution in [3.63, 3.8) is 0 Å². The second-order valence-electron chi connectivity index (χ2n) is 4.74. The molecule has 1 aromatic rings. The molecule has 1 fully saturated rings. The van der Waals surface area contributed by atoms with Crippen molar-refractivity contribution in [3.05, 3.63) is 17.5 Å². The molecule has 0 radical (unpaired) electrons. The van der Waals surface area contributed by atoms with E-state index in [0.29, 0.717) is 12.8 Å². The Balaban J connectivity index is 2.03. The van der Waals surface area contributed by atoms with Crippen LogP contribution in [-0.4, -0.2) is 27.6 Å². The van der Waals surface area contributed by atoms with Gasteiger partial charge in [-0.05, 0) is 20.3 Å². The van der Waals surface area contributed by atoms with Gasteiger partial charge in [-0.15, -0.1) is 0 Å². The third kappa shape index (κ3) is 2.59. The van der Waals surface area contributed by atoms with Crippen molar-refractivity contribution in [1.29, 1.82) is 0 Å². The van der Waals surface area contributed by atoms with Crippen LogP contribution in [0.2, 0.25) is 0 Å². The summed E-state index contributed by atoms with van der Waals surface area (Å²) in [5, 5.41) is 9.87. The van der Waals surface area contributed by atoms with E-state index < -0.39 is 0 Å². The smallest absolute Gasteiger partial charge is 0.243 e. The van der Waals surface area contributed by atoms with Crippen molar-refractivity contribution >= 4 is 11.8 Å². The number of hydrogen-bond donors (Lipinski definition) is 2. The molecule has 2 atom stereocenters. The van der Waals surface area contributed by atoms with Crippen molar-refractivity contribution in [2.45, 2.75) is 38.8 Å². The van der Waals surface area contributed by atoms with Gasteiger partial charge in [0.15, 0.2) is 0 Å². The Kier molecular flexibility index (Phi) is 3.47. The zero-order valence-corrected chi connectivity index (χ0v) is 10.9. The molecule has 2 N–H and O–H groups in total. The fraction of sp³-hybridized carbons (Fsp3) is 0.583. The lowest BCUT2D eigenvalue weighted by Gasteiger charge is -2.25. The van der Waals surface area contributed by atoms with E-state index >= 15 is 0 Å². The monoisotopic (exact) mass is 250 g/mol. The Hall–Kier alpha value is -1.69. The van der Waals surface area contributed by atoms with E-state index in [2.05, 4.69) is 15.7 Å². The van der Waals surface area contributed by atoms with Gasteiger partial charge < -0.3 is 0 Å². The molecule has 1 aromatic heterocycles. The Bertz CT molecular complexity index is 480. The van der Waals surface area contributed by atoms with Gasteiger partial charge in [0.25, 0.3) is 0 Å². The highest BCUT2D eigenvalue weighted by atomic mass is 16.2. The largest absolute Gasteiger partial charge is 0.299 e. The predicted octanol–water partition coefficient (Wildman–Crippen LogP) is 0.184. The quantitative estimate of drug-likeness (QED) is 0.751. The molecule has 2 rings (SSSR count). The van der Waals surface area contributed by atoms with E-state index in [4.69, 9.17) is 0 Å². The van der Waals surface area contributed by atoms with Gasteiger partial charge in [0.1, 0.15) is 0 Å². The van der Waals surface area contributed by atoms with Crippen LogP contribution in [0.1, 0.15) is 37.1 Å². The molecule has 18 heavy (non-hydrogen) atoms. The fourth-order valence-electron chi connectivity index (χ4n) is 2.29. The van der Waals surface area contributed by atoms with Crippen LogP contribution in [0, 0.1) is 6.92 Å². The third-order valence-electron chi connectivity index (χ3n) is 3.21. The van der Waals surface area contributed by atoms with Crippen LogP contribution in [-0.2, 0) is 16.6 Å². The Morgan fingerprint density at radius 3 is 2.83 bits per heavy atom. The molecular formula is C12H18N4O2. The van der Waals surface area contributed by atoms with Gasteiger partial charge in [0.05, 0.1) is 11.7 Å². The summed E-state index contributed by atoms with van der Waals surface area (Å²) in [7, 11) is 1.87. The molecule has 0 aromatic carbocycles. The number of aryl methyl sites for hydroxylation is 2. The summed E-state index contributed by atoms with van der Waals surface area (Å²) < 4.78 is 1.76. The molecular weight excluding hydrogens is 232 g/mol. The van der Waals surface area contributed by atoms with Crippen LogP contribution in [0.5, 0.6) is 0 Å². The van der Waals surface area contributed by atoms with Crippen molar-refractivity contribution in [1.82, 2.24) is 20.4 Å². The van der Waals surface area contributed by atoms with Crippen LogP contribution in [0.4, 0.5) is 0 Å². The van der Waals surface area contributed by atoms with Gasteiger partial charge in [-0.25, -0.2) is 0 Å². The van der Waals surface area contributed by atoms with Crippen molar-refractivity contribution in [2.75, 3.05) is 0 Å². The zero-order chi connectivity index (χ0) is 13.3. The van der Waals surface area contributed by atoms with Crippen LogP contribution < -0.4 is 10.6 Å². The molecule has 2 amide bonds. The number of amides is 2. The van der Waals surface area contributed by atoms with Crippen molar-refractivity contribution in [2.24, 2.45) is 7.05 Å². The molecule has 1 aliphatic rings. The number of hydrogen-bond acceptors (Lipinski definition) is 4. The van der Waals surface area contributed by atoms with Gasteiger partial charge >= 0.3 is 0 Å². The summed E-state index contributed by atoms with van der Waals surface area (Å²) in [6.45, 7) is 3.94. The van der Waals surface area contributed by atoms with Crippen LogP contribution in [0.3, 0.4) is 0 Å². The average molecular weight is 250 g/mol. The van der Waals surface area contributed by atoms with Crippen molar-refractivity contribution in [3.8, 4) is 0 Å². The number of rotatable bonds is 3. The number of carbonyl (C=O) groups excluding carboxylic acids is 2. The molecule has 6 nitrogen and oxygen atoms in total. The highest BCUT2D eigenvalue weighted by molar-refractivity contribution is 6.00. The van der Waals surface area contributed by atoms with E-state index in [-0.39, 0.29) is 23.9 Å². The minimum absolute atomic E-state index is 0.0302. The maximum Gasteiger partial charge on any atom is 0.243 e. The summed E-state index contributed by atoms with van der Waals surface area (Å²) in [6.07, 6.45) is 2.88. The predicted molar refractivity (Wildman–Crippen MR) is 65.7 cm³/mol. The van der Waals surface area contributed by atoms with Crippen LogP contribution in [0.15, 0.2) is 6.20 Å². The minimum Gasteiger partial charge on any atom is -0.299 e. The molecule has 6 heteroatoms. The number of nitrogens with zero attached hydrogens (tertiary/aromatic N) is 2. The first kappa shape index (κ1) is 12.8. The van der Waals surface area contributed by atoms with Gasteiger partial charge in [0, 0.05) is 31.3 Å². The standard InChI is InChI=1S/C12H18N4O2/c1-7(9-6-16(3)15-8(9)2)13-10-4-5-11(17)14-12(10)18/h6-7,10,13H,4-5H2,1-3H3,(H,14,17,18). The lowest BCUT2D eigenvalue weighted by molar-refractivity contribution is -0.134. The summed E-state index contributed by atoms with van der Waals surface area (Å²) in [4.78, 5) is 22.7. The zero-order valence-electron chi connectivity index (χ0n) is 10.9. The number of aromatic nitrogens is 2. The van der Waals surface area contributed by atoms with E-state index in [1.807, 2.05) is 27.1 Å². The Morgan fingerprint density at radius 1 is 1.56 bits per heavy atom. The normalized spacial score (nSPS) is 21.8. The molecule has 2 heterocycles. The maximum absolute atomic E-state index is 11.6. The number of imide groups is 1. The summed E-state index contributed by atoms with van der Waals surface area (Å²) in [6, 6.07) is -0.278. The SMILES string of the molecule is Cc1nn(C)cc1C(C)NC1CCC(=O)NC1=O. The van der Waals surface area contributed by atoms with Crippen molar-refractivity contribution < 1.29 is 9.59 Å². The molecule has 0 spiro atoms. The van der Waals surface area contributed by atoms with Gasteiger partial charge in [-0.2, -0.15) is 5.10 Å². The van der Waals surface area contributed by atoms with Gasteiger partial charge in [0.2, 0.25) is 11.8 Å². The topological polar surface area (TPSA) is 76.0 Å². The minimum atomic E-state index is -0.308. The maximum atomic E-state index is 11.6. The Morgan fingerprint density at radius 2 is 2.28 bits per heavy atom. The molecule has 1 aliphatic heterocycles. The third-order valence-corrected chi connectivity index (χ3v) is 3.21. The highest BCUT2D eigenvalue weighted by Crippen LogP contribution is 2.18. The van der Waals surface area contributed by atoms with E-state index in [1.165, 1.54) is 0 Å². The lowest BCUT2D eigenvalue weighted by Crippen LogP contribution is -2.51. The number of carbonyl (C=O) groups is 2. The second kappa shape index (κ2) is 4.89. The first-order valence-electron chi connectivity index (χ1n) is 6.07. The lowest BCUT2D eigenvalue weighted by atomic mass is 10.0. The average Bonchev–Trinajstić information content (AvgIpc) is 2.62.